The van der Waals surface area contributed by atoms with Gasteiger partial charge >= 0.3 is 5.97 Å². The number of carbonyl (C=O) groups excluding carboxylic acids is 1. The second-order valence-electron chi connectivity index (χ2n) is 5.71. The van der Waals surface area contributed by atoms with E-state index in [9.17, 15) is 19.7 Å². The maximum atomic E-state index is 12.1. The van der Waals surface area contributed by atoms with E-state index < -0.39 is 10.9 Å². The molecule has 2 aromatic rings. The zero-order valence-electron chi connectivity index (χ0n) is 14.1. The monoisotopic (exact) mass is 360 g/mol. The fourth-order valence-electron chi connectivity index (χ4n) is 2.44. The summed E-state index contributed by atoms with van der Waals surface area (Å²) in [5.74, 6) is -1.15. The number of nitro groups is 1. The molecule has 0 aliphatic heterocycles. The van der Waals surface area contributed by atoms with E-state index in [0.717, 1.165) is 19.3 Å². The molecular formula is C17H20N4O5. The second-order valence-corrected chi connectivity index (χ2v) is 5.71. The van der Waals surface area contributed by atoms with Gasteiger partial charge in [0.2, 0.25) is 0 Å². The van der Waals surface area contributed by atoms with Crippen molar-refractivity contribution >= 4 is 17.6 Å². The van der Waals surface area contributed by atoms with Crippen molar-refractivity contribution in [2.75, 3.05) is 6.54 Å². The molecule has 1 amide bonds. The number of aliphatic carboxylic acids is 1. The van der Waals surface area contributed by atoms with Gasteiger partial charge in [-0.25, -0.2) is 4.68 Å². The quantitative estimate of drug-likeness (QED) is 0.381. The summed E-state index contributed by atoms with van der Waals surface area (Å²) in [4.78, 5) is 33.1. The number of hydrogen-bond acceptors (Lipinski definition) is 5. The van der Waals surface area contributed by atoms with Crippen LogP contribution in [-0.4, -0.2) is 38.2 Å². The molecule has 138 valence electrons. The Hall–Kier alpha value is -3.23. The van der Waals surface area contributed by atoms with Crippen LogP contribution in [0.2, 0.25) is 0 Å². The molecule has 0 bridgehead atoms. The number of hydrogen-bond donors (Lipinski definition) is 2. The summed E-state index contributed by atoms with van der Waals surface area (Å²) in [6.45, 7) is 0.463. The van der Waals surface area contributed by atoms with Crippen molar-refractivity contribution in [1.82, 2.24) is 15.1 Å². The molecule has 0 saturated heterocycles. The number of carboxylic acid groups (broad SMARTS) is 1. The zero-order chi connectivity index (χ0) is 18.9. The average Bonchev–Trinajstić information content (AvgIpc) is 3.10. The van der Waals surface area contributed by atoms with Crippen molar-refractivity contribution in [2.45, 2.75) is 32.1 Å². The molecule has 1 aromatic heterocycles. The molecule has 2 rings (SSSR count). The van der Waals surface area contributed by atoms with Crippen LogP contribution in [0.5, 0.6) is 0 Å². The van der Waals surface area contributed by atoms with Gasteiger partial charge in [0.1, 0.15) is 5.69 Å². The maximum absolute atomic E-state index is 12.1. The Morgan fingerprint density at radius 1 is 1.15 bits per heavy atom. The largest absolute Gasteiger partial charge is 0.481 e. The lowest BCUT2D eigenvalue weighted by atomic mass is 10.1. The molecule has 9 heteroatoms. The van der Waals surface area contributed by atoms with Crippen molar-refractivity contribution < 1.29 is 19.6 Å². The van der Waals surface area contributed by atoms with E-state index in [1.54, 1.807) is 18.2 Å². The van der Waals surface area contributed by atoms with Crippen molar-refractivity contribution in [3.63, 3.8) is 0 Å². The number of aromatic nitrogens is 2. The van der Waals surface area contributed by atoms with Crippen molar-refractivity contribution in [3.05, 3.63) is 52.3 Å². The first-order valence-corrected chi connectivity index (χ1v) is 8.28. The van der Waals surface area contributed by atoms with Gasteiger partial charge in [-0.2, -0.15) is 5.10 Å². The van der Waals surface area contributed by atoms with Crippen LogP contribution >= 0.6 is 0 Å². The van der Waals surface area contributed by atoms with Crippen LogP contribution in [0.3, 0.4) is 0 Å². The number of nitro benzene ring substituents is 1. The van der Waals surface area contributed by atoms with Crippen LogP contribution in [0.1, 0.15) is 42.6 Å². The Balaban J connectivity index is 1.85. The molecule has 0 saturated carbocycles. The lowest BCUT2D eigenvalue weighted by molar-refractivity contribution is -0.384. The van der Waals surface area contributed by atoms with Crippen molar-refractivity contribution in [2.24, 2.45) is 0 Å². The zero-order valence-corrected chi connectivity index (χ0v) is 14.1. The van der Waals surface area contributed by atoms with Crippen LogP contribution in [0.25, 0.3) is 5.69 Å². The maximum Gasteiger partial charge on any atom is 0.303 e. The van der Waals surface area contributed by atoms with Crippen molar-refractivity contribution in [3.8, 4) is 5.69 Å². The number of para-hydroxylation sites is 2. The summed E-state index contributed by atoms with van der Waals surface area (Å²) >= 11 is 0. The Bertz CT molecular complexity index is 787. The lowest BCUT2D eigenvalue weighted by Crippen LogP contribution is -2.25. The Kier molecular flexibility index (Phi) is 6.84. The molecule has 0 aliphatic carbocycles. The topological polar surface area (TPSA) is 127 Å². The molecular weight excluding hydrogens is 340 g/mol. The molecule has 0 atom stereocenters. The molecule has 26 heavy (non-hydrogen) atoms. The molecule has 9 nitrogen and oxygen atoms in total. The molecule has 1 aromatic carbocycles. The number of rotatable bonds is 10. The van der Waals surface area contributed by atoms with Gasteiger partial charge in [-0.05, 0) is 25.0 Å². The number of benzene rings is 1. The van der Waals surface area contributed by atoms with Gasteiger partial charge in [-0.3, -0.25) is 19.7 Å². The molecule has 0 aliphatic rings. The number of amides is 1. The first-order chi connectivity index (χ1) is 12.5. The van der Waals surface area contributed by atoms with Crippen LogP contribution in [0.15, 0.2) is 36.5 Å². The summed E-state index contributed by atoms with van der Waals surface area (Å²) in [5.41, 5.74) is 0.368. The normalized spacial score (nSPS) is 10.5. The highest BCUT2D eigenvalue weighted by atomic mass is 16.6. The number of carboxylic acids is 1. The molecule has 0 fully saturated rings. The molecule has 0 unspecified atom stereocenters. The van der Waals surface area contributed by atoms with Crippen LogP contribution in [0, 0.1) is 10.1 Å². The van der Waals surface area contributed by atoms with Gasteiger partial charge < -0.3 is 10.4 Å². The summed E-state index contributed by atoms with van der Waals surface area (Å²) in [6.07, 6.45) is 4.67. The lowest BCUT2D eigenvalue weighted by Gasteiger charge is -2.04. The summed E-state index contributed by atoms with van der Waals surface area (Å²) < 4.78 is 1.30. The van der Waals surface area contributed by atoms with Gasteiger partial charge in [0, 0.05) is 25.2 Å². The minimum absolute atomic E-state index is 0.0936. The Morgan fingerprint density at radius 3 is 2.62 bits per heavy atom. The van der Waals surface area contributed by atoms with Gasteiger partial charge in [0.25, 0.3) is 11.6 Å². The smallest absolute Gasteiger partial charge is 0.303 e. The third kappa shape index (κ3) is 5.40. The molecule has 0 spiro atoms. The van der Waals surface area contributed by atoms with E-state index >= 15 is 0 Å². The van der Waals surface area contributed by atoms with Crippen LogP contribution in [-0.2, 0) is 4.79 Å². The third-order valence-electron chi connectivity index (χ3n) is 3.75. The van der Waals surface area contributed by atoms with Crippen LogP contribution in [0.4, 0.5) is 5.69 Å². The molecule has 0 radical (unpaired) electrons. The standard InChI is InChI=1S/C17H20N4O5/c22-16(23)9-3-1-2-6-11-18-17(24)13-10-12-20(19-13)14-7-4-5-8-15(14)21(25)26/h4-5,7-8,10,12H,1-3,6,9,11H2,(H,18,24)(H,22,23). The second kappa shape index (κ2) is 9.30. The first kappa shape index (κ1) is 19.1. The first-order valence-electron chi connectivity index (χ1n) is 8.28. The SMILES string of the molecule is O=C(O)CCCCCCNC(=O)c1ccn(-c2ccccc2[N+](=O)[O-])n1. The predicted octanol–water partition coefficient (Wildman–Crippen LogP) is 2.55. The van der Waals surface area contributed by atoms with E-state index in [1.807, 2.05) is 0 Å². The number of nitrogens with zero attached hydrogens (tertiary/aromatic N) is 3. The minimum atomic E-state index is -0.799. The molecule has 1 heterocycles. The number of nitrogens with one attached hydrogen (secondary N) is 1. The predicted molar refractivity (Wildman–Crippen MR) is 93.3 cm³/mol. The third-order valence-corrected chi connectivity index (χ3v) is 3.75. The van der Waals surface area contributed by atoms with Gasteiger partial charge in [-0.1, -0.05) is 25.0 Å². The fourth-order valence-corrected chi connectivity index (χ4v) is 2.44. The van der Waals surface area contributed by atoms with Gasteiger partial charge in [0.05, 0.1) is 4.92 Å². The fraction of sp³-hybridized carbons (Fsp3) is 0.353. The highest BCUT2D eigenvalue weighted by Gasteiger charge is 2.16. The summed E-state index contributed by atoms with van der Waals surface area (Å²) in [6, 6.07) is 7.66. The van der Waals surface area contributed by atoms with Gasteiger partial charge in [-0.15, -0.1) is 0 Å². The van der Waals surface area contributed by atoms with Crippen LogP contribution < -0.4 is 5.32 Å². The number of carbonyl (C=O) groups is 2. The van der Waals surface area contributed by atoms with E-state index in [4.69, 9.17) is 5.11 Å². The minimum Gasteiger partial charge on any atom is -0.481 e. The van der Waals surface area contributed by atoms with E-state index in [0.29, 0.717) is 13.0 Å². The highest BCUT2D eigenvalue weighted by molar-refractivity contribution is 5.92. The van der Waals surface area contributed by atoms with E-state index in [-0.39, 0.29) is 29.4 Å². The van der Waals surface area contributed by atoms with Crippen molar-refractivity contribution in [1.29, 1.82) is 0 Å². The summed E-state index contributed by atoms with van der Waals surface area (Å²) in [7, 11) is 0. The summed E-state index contributed by atoms with van der Waals surface area (Å²) in [5, 5.41) is 26.5. The molecule has 2 N–H and O–H groups in total. The Morgan fingerprint density at radius 2 is 1.88 bits per heavy atom. The number of unbranched alkanes of at least 4 members (excludes halogenated alkanes) is 3. The van der Waals surface area contributed by atoms with E-state index in [1.165, 1.54) is 23.0 Å². The average molecular weight is 360 g/mol. The Labute approximate surface area is 149 Å². The van der Waals surface area contributed by atoms with E-state index in [2.05, 4.69) is 10.4 Å². The highest BCUT2D eigenvalue weighted by Crippen LogP contribution is 2.21. The van der Waals surface area contributed by atoms with Gasteiger partial charge in [0.15, 0.2) is 5.69 Å².